The van der Waals surface area contributed by atoms with Crippen LogP contribution in [0, 0.1) is 6.92 Å². The lowest BCUT2D eigenvalue weighted by Crippen LogP contribution is -1.84. The highest BCUT2D eigenvalue weighted by molar-refractivity contribution is 6.33. The van der Waals surface area contributed by atoms with E-state index < -0.39 is 0 Å². The van der Waals surface area contributed by atoms with E-state index in [1.54, 1.807) is 12.1 Å². The van der Waals surface area contributed by atoms with Gasteiger partial charge in [0, 0.05) is 16.1 Å². The lowest BCUT2D eigenvalue weighted by Gasteiger charge is -2.05. The molecular weight excluding hydrogens is 220 g/mol. The van der Waals surface area contributed by atoms with Gasteiger partial charge in [0.2, 0.25) is 0 Å². The Labute approximate surface area is 99.7 Å². The van der Waals surface area contributed by atoms with Crippen molar-refractivity contribution in [1.82, 2.24) is 0 Å². The average Bonchev–Trinajstić information content (AvgIpc) is 2.28. The topological polar surface area (TPSA) is 17.1 Å². The van der Waals surface area contributed by atoms with Crippen molar-refractivity contribution in [2.45, 2.75) is 6.92 Å². The predicted octanol–water partition coefficient (Wildman–Crippen LogP) is 4.13. The lowest BCUT2D eigenvalue weighted by molar-refractivity contribution is 0.112. The second kappa shape index (κ2) is 4.50. The number of halogens is 1. The predicted molar refractivity (Wildman–Crippen MR) is 67.0 cm³/mol. The van der Waals surface area contributed by atoms with E-state index in [1.165, 1.54) is 5.56 Å². The zero-order valence-electron chi connectivity index (χ0n) is 8.91. The Bertz CT molecular complexity index is 532. The molecule has 0 bridgehead atoms. The van der Waals surface area contributed by atoms with E-state index in [1.807, 2.05) is 31.2 Å². The van der Waals surface area contributed by atoms with E-state index in [0.29, 0.717) is 10.6 Å². The van der Waals surface area contributed by atoms with Crippen LogP contribution in [-0.2, 0) is 0 Å². The Hall–Kier alpha value is -1.60. The molecule has 0 spiro atoms. The van der Waals surface area contributed by atoms with Gasteiger partial charge in [0.1, 0.15) is 6.29 Å². The SMILES string of the molecule is Cc1cccc(-c2ccc(C=O)cc2Cl)c1. The number of carbonyl (C=O) groups excluding carboxylic acids is 1. The van der Waals surface area contributed by atoms with Crippen LogP contribution in [0.5, 0.6) is 0 Å². The highest BCUT2D eigenvalue weighted by Gasteiger charge is 2.04. The molecule has 0 unspecified atom stereocenters. The van der Waals surface area contributed by atoms with Gasteiger partial charge in [-0.05, 0) is 18.6 Å². The van der Waals surface area contributed by atoms with E-state index >= 15 is 0 Å². The standard InChI is InChI=1S/C14H11ClO/c1-10-3-2-4-12(7-10)13-6-5-11(9-16)8-14(13)15/h2-9H,1H3. The molecule has 0 aliphatic rings. The van der Waals surface area contributed by atoms with Crippen LogP contribution in [0.15, 0.2) is 42.5 Å². The summed E-state index contributed by atoms with van der Waals surface area (Å²) in [6, 6.07) is 13.5. The zero-order valence-corrected chi connectivity index (χ0v) is 9.66. The monoisotopic (exact) mass is 230 g/mol. The molecule has 0 aliphatic heterocycles. The first-order valence-corrected chi connectivity index (χ1v) is 5.40. The quantitative estimate of drug-likeness (QED) is 0.709. The van der Waals surface area contributed by atoms with Gasteiger partial charge >= 0.3 is 0 Å². The zero-order chi connectivity index (χ0) is 11.5. The van der Waals surface area contributed by atoms with Crippen molar-refractivity contribution in [2.24, 2.45) is 0 Å². The Balaban J connectivity index is 2.52. The first-order valence-electron chi connectivity index (χ1n) is 5.02. The van der Waals surface area contributed by atoms with Gasteiger partial charge in [-0.2, -0.15) is 0 Å². The normalized spacial score (nSPS) is 10.1. The molecule has 0 aromatic heterocycles. The van der Waals surface area contributed by atoms with Crippen molar-refractivity contribution < 1.29 is 4.79 Å². The van der Waals surface area contributed by atoms with E-state index in [0.717, 1.165) is 17.4 Å². The second-order valence-electron chi connectivity index (χ2n) is 3.73. The van der Waals surface area contributed by atoms with Gasteiger partial charge in [-0.25, -0.2) is 0 Å². The van der Waals surface area contributed by atoms with E-state index in [4.69, 9.17) is 11.6 Å². The molecule has 0 atom stereocenters. The summed E-state index contributed by atoms with van der Waals surface area (Å²) < 4.78 is 0. The summed E-state index contributed by atoms with van der Waals surface area (Å²) in [6.07, 6.45) is 0.798. The van der Waals surface area contributed by atoms with Gasteiger partial charge in [-0.15, -0.1) is 0 Å². The second-order valence-corrected chi connectivity index (χ2v) is 4.13. The largest absolute Gasteiger partial charge is 0.298 e. The fourth-order valence-corrected chi connectivity index (χ4v) is 1.95. The van der Waals surface area contributed by atoms with Gasteiger partial charge in [-0.1, -0.05) is 53.6 Å². The molecule has 2 heteroatoms. The summed E-state index contributed by atoms with van der Waals surface area (Å²) in [7, 11) is 0. The van der Waals surface area contributed by atoms with Gasteiger partial charge in [0.25, 0.3) is 0 Å². The molecule has 2 aromatic rings. The minimum atomic E-state index is 0.599. The number of rotatable bonds is 2. The molecule has 0 N–H and O–H groups in total. The van der Waals surface area contributed by atoms with Crippen molar-refractivity contribution in [1.29, 1.82) is 0 Å². The molecule has 16 heavy (non-hydrogen) atoms. The molecule has 2 aromatic carbocycles. The molecule has 80 valence electrons. The van der Waals surface area contributed by atoms with Crippen molar-refractivity contribution >= 4 is 17.9 Å². The Morgan fingerprint density at radius 1 is 1.12 bits per heavy atom. The van der Waals surface area contributed by atoms with Gasteiger partial charge in [-0.3, -0.25) is 4.79 Å². The summed E-state index contributed by atoms with van der Waals surface area (Å²) in [4.78, 5) is 10.6. The van der Waals surface area contributed by atoms with Gasteiger partial charge < -0.3 is 0 Å². The first-order chi connectivity index (χ1) is 7.70. The van der Waals surface area contributed by atoms with Crippen molar-refractivity contribution in [3.05, 3.63) is 58.6 Å². The molecular formula is C14H11ClO. The van der Waals surface area contributed by atoms with Crippen LogP contribution >= 0.6 is 11.6 Å². The smallest absolute Gasteiger partial charge is 0.150 e. The Morgan fingerprint density at radius 3 is 2.56 bits per heavy atom. The van der Waals surface area contributed by atoms with E-state index in [-0.39, 0.29) is 0 Å². The van der Waals surface area contributed by atoms with Crippen LogP contribution < -0.4 is 0 Å². The summed E-state index contributed by atoms with van der Waals surface area (Å²) in [5, 5.41) is 0.607. The third-order valence-corrected chi connectivity index (χ3v) is 2.77. The highest BCUT2D eigenvalue weighted by Crippen LogP contribution is 2.28. The van der Waals surface area contributed by atoms with Gasteiger partial charge in [0.15, 0.2) is 0 Å². The third kappa shape index (κ3) is 2.15. The molecule has 1 nitrogen and oxygen atoms in total. The molecule has 0 aliphatic carbocycles. The van der Waals surface area contributed by atoms with Gasteiger partial charge in [0.05, 0.1) is 0 Å². The average molecular weight is 231 g/mol. The molecule has 0 fully saturated rings. The minimum absolute atomic E-state index is 0.599. The Kier molecular flexibility index (Phi) is 3.07. The number of hydrogen-bond donors (Lipinski definition) is 0. The van der Waals surface area contributed by atoms with Crippen LogP contribution in [0.25, 0.3) is 11.1 Å². The number of benzene rings is 2. The summed E-state index contributed by atoms with van der Waals surface area (Å²) in [5.74, 6) is 0. The maximum atomic E-state index is 10.6. The van der Waals surface area contributed by atoms with Crippen LogP contribution in [0.2, 0.25) is 5.02 Å². The van der Waals surface area contributed by atoms with Crippen molar-refractivity contribution in [3.63, 3.8) is 0 Å². The molecule has 0 amide bonds. The summed E-state index contributed by atoms with van der Waals surface area (Å²) in [6.45, 7) is 2.04. The molecule has 0 saturated heterocycles. The Morgan fingerprint density at radius 2 is 1.94 bits per heavy atom. The fraction of sp³-hybridized carbons (Fsp3) is 0.0714. The number of carbonyl (C=O) groups is 1. The van der Waals surface area contributed by atoms with Crippen molar-refractivity contribution in [2.75, 3.05) is 0 Å². The maximum Gasteiger partial charge on any atom is 0.150 e. The number of aryl methyl sites for hydroxylation is 1. The molecule has 2 rings (SSSR count). The first kappa shape index (κ1) is 10.9. The molecule has 0 heterocycles. The maximum absolute atomic E-state index is 10.6. The van der Waals surface area contributed by atoms with Crippen LogP contribution in [0.4, 0.5) is 0 Å². The minimum Gasteiger partial charge on any atom is -0.298 e. The van der Waals surface area contributed by atoms with E-state index in [9.17, 15) is 4.79 Å². The molecule has 0 saturated carbocycles. The fourth-order valence-electron chi connectivity index (χ4n) is 1.65. The summed E-state index contributed by atoms with van der Waals surface area (Å²) in [5.41, 5.74) is 3.81. The number of hydrogen-bond acceptors (Lipinski definition) is 1. The van der Waals surface area contributed by atoms with Crippen LogP contribution in [-0.4, -0.2) is 6.29 Å². The lowest BCUT2D eigenvalue weighted by atomic mass is 10.0. The van der Waals surface area contributed by atoms with E-state index in [2.05, 4.69) is 6.07 Å². The summed E-state index contributed by atoms with van der Waals surface area (Å²) >= 11 is 6.14. The third-order valence-electron chi connectivity index (χ3n) is 2.46. The number of aldehydes is 1. The highest BCUT2D eigenvalue weighted by atomic mass is 35.5. The van der Waals surface area contributed by atoms with Crippen LogP contribution in [0.1, 0.15) is 15.9 Å². The van der Waals surface area contributed by atoms with Crippen molar-refractivity contribution in [3.8, 4) is 11.1 Å². The molecule has 0 radical (unpaired) electrons. The van der Waals surface area contributed by atoms with Crippen LogP contribution in [0.3, 0.4) is 0 Å².